The third-order valence-electron chi connectivity index (χ3n) is 5.53. The number of carbonyl (C=O) groups excluding carboxylic acids is 1. The Hall–Kier alpha value is -1.85. The van der Waals surface area contributed by atoms with E-state index < -0.39 is 0 Å². The first-order chi connectivity index (χ1) is 12.2. The SMILES string of the molecule is CN1[C@@H]2CC[C@H]1CC(OC(=O)N(Cc1ccsc1)c1ccccc1)C2. The zero-order valence-electron chi connectivity index (χ0n) is 14.5. The van der Waals surface area contributed by atoms with Crippen molar-refractivity contribution in [1.82, 2.24) is 4.90 Å². The number of hydrogen-bond acceptors (Lipinski definition) is 4. The van der Waals surface area contributed by atoms with Gasteiger partial charge in [0.15, 0.2) is 0 Å². The minimum Gasteiger partial charge on any atom is -0.446 e. The fraction of sp³-hybridized carbons (Fsp3) is 0.450. The minimum atomic E-state index is -0.230. The number of thiophene rings is 1. The number of amides is 1. The average molecular weight is 356 g/mol. The van der Waals surface area contributed by atoms with Gasteiger partial charge in [-0.25, -0.2) is 4.79 Å². The molecule has 4 rings (SSSR count). The fourth-order valence-corrected chi connectivity index (χ4v) is 4.76. The first kappa shape index (κ1) is 16.6. The van der Waals surface area contributed by atoms with Gasteiger partial charge in [-0.3, -0.25) is 4.90 Å². The maximum absolute atomic E-state index is 12.9. The van der Waals surface area contributed by atoms with Crippen LogP contribution in [-0.4, -0.2) is 36.2 Å². The Morgan fingerprint density at radius 3 is 2.56 bits per heavy atom. The van der Waals surface area contributed by atoms with Crippen LogP contribution in [0.3, 0.4) is 0 Å². The number of para-hydroxylation sites is 1. The highest BCUT2D eigenvalue weighted by molar-refractivity contribution is 7.07. The molecule has 1 amide bonds. The molecule has 1 aromatic carbocycles. The Morgan fingerprint density at radius 1 is 1.20 bits per heavy atom. The van der Waals surface area contributed by atoms with Gasteiger partial charge in [0.05, 0.1) is 6.54 Å². The topological polar surface area (TPSA) is 32.8 Å². The summed E-state index contributed by atoms with van der Waals surface area (Å²) in [5.74, 6) is 0. The number of carbonyl (C=O) groups is 1. The molecule has 5 heteroatoms. The molecule has 1 aromatic heterocycles. The molecule has 0 radical (unpaired) electrons. The summed E-state index contributed by atoms with van der Waals surface area (Å²) in [7, 11) is 2.20. The molecule has 0 saturated carbocycles. The maximum Gasteiger partial charge on any atom is 0.414 e. The quantitative estimate of drug-likeness (QED) is 0.808. The van der Waals surface area contributed by atoms with E-state index in [1.165, 1.54) is 12.8 Å². The van der Waals surface area contributed by atoms with Gasteiger partial charge in [-0.1, -0.05) is 18.2 Å². The second-order valence-electron chi connectivity index (χ2n) is 7.08. The molecule has 25 heavy (non-hydrogen) atoms. The van der Waals surface area contributed by atoms with Crippen molar-refractivity contribution >= 4 is 23.1 Å². The molecule has 4 nitrogen and oxygen atoms in total. The molecule has 2 aliphatic rings. The van der Waals surface area contributed by atoms with Crippen LogP contribution < -0.4 is 4.90 Å². The summed E-state index contributed by atoms with van der Waals surface area (Å²) in [6, 6.07) is 13.0. The Labute approximate surface area is 153 Å². The van der Waals surface area contributed by atoms with E-state index in [9.17, 15) is 4.79 Å². The van der Waals surface area contributed by atoms with Gasteiger partial charge in [0, 0.05) is 30.6 Å². The largest absolute Gasteiger partial charge is 0.446 e. The molecule has 0 N–H and O–H groups in total. The molecular formula is C20H24N2O2S. The normalized spacial score (nSPS) is 25.7. The van der Waals surface area contributed by atoms with Gasteiger partial charge >= 0.3 is 6.09 Å². The van der Waals surface area contributed by atoms with Gasteiger partial charge in [0.1, 0.15) is 6.10 Å². The maximum atomic E-state index is 12.9. The molecule has 2 aromatic rings. The molecule has 3 heterocycles. The molecule has 1 unspecified atom stereocenters. The molecule has 3 atom stereocenters. The number of hydrogen-bond donors (Lipinski definition) is 0. The highest BCUT2D eigenvalue weighted by Gasteiger charge is 2.40. The number of piperidine rings is 1. The predicted octanol–water partition coefficient (Wildman–Crippen LogP) is 4.52. The van der Waals surface area contributed by atoms with Crippen LogP contribution in [0.2, 0.25) is 0 Å². The fourth-order valence-electron chi connectivity index (χ4n) is 4.10. The van der Waals surface area contributed by atoms with Crippen molar-refractivity contribution in [3.63, 3.8) is 0 Å². The van der Waals surface area contributed by atoms with E-state index in [0.29, 0.717) is 18.6 Å². The monoisotopic (exact) mass is 356 g/mol. The third kappa shape index (κ3) is 3.58. The summed E-state index contributed by atoms with van der Waals surface area (Å²) in [6.45, 7) is 0.547. The van der Waals surface area contributed by atoms with E-state index in [1.807, 2.05) is 35.7 Å². The Bertz CT molecular complexity index is 690. The molecule has 2 saturated heterocycles. The van der Waals surface area contributed by atoms with Crippen LogP contribution in [0.15, 0.2) is 47.2 Å². The van der Waals surface area contributed by atoms with E-state index in [4.69, 9.17) is 4.74 Å². The predicted molar refractivity (Wildman–Crippen MR) is 101 cm³/mol. The summed E-state index contributed by atoms with van der Waals surface area (Å²) in [5, 5.41) is 4.12. The van der Waals surface area contributed by atoms with Crippen molar-refractivity contribution in [2.75, 3.05) is 11.9 Å². The van der Waals surface area contributed by atoms with Crippen molar-refractivity contribution in [3.8, 4) is 0 Å². The molecule has 2 aliphatic heterocycles. The van der Waals surface area contributed by atoms with Gasteiger partial charge < -0.3 is 9.64 Å². The van der Waals surface area contributed by atoms with Crippen molar-refractivity contribution in [1.29, 1.82) is 0 Å². The highest BCUT2D eigenvalue weighted by atomic mass is 32.1. The van der Waals surface area contributed by atoms with Crippen molar-refractivity contribution in [2.24, 2.45) is 0 Å². The van der Waals surface area contributed by atoms with Gasteiger partial charge in [-0.2, -0.15) is 11.3 Å². The van der Waals surface area contributed by atoms with Crippen LogP contribution in [0.4, 0.5) is 10.5 Å². The lowest BCUT2D eigenvalue weighted by molar-refractivity contribution is 0.0314. The Morgan fingerprint density at radius 2 is 1.92 bits per heavy atom. The summed E-state index contributed by atoms with van der Waals surface area (Å²) in [4.78, 5) is 17.2. The second-order valence-corrected chi connectivity index (χ2v) is 7.86. The molecular weight excluding hydrogens is 332 g/mol. The lowest BCUT2D eigenvalue weighted by Crippen LogP contribution is -2.45. The van der Waals surface area contributed by atoms with Crippen molar-refractivity contribution < 1.29 is 9.53 Å². The van der Waals surface area contributed by atoms with Crippen LogP contribution >= 0.6 is 11.3 Å². The van der Waals surface area contributed by atoms with E-state index in [2.05, 4.69) is 23.4 Å². The summed E-state index contributed by atoms with van der Waals surface area (Å²) >= 11 is 1.65. The van der Waals surface area contributed by atoms with Gasteiger partial charge in [0.25, 0.3) is 0 Å². The number of benzene rings is 1. The zero-order valence-corrected chi connectivity index (χ0v) is 15.3. The first-order valence-corrected chi connectivity index (χ1v) is 9.91. The van der Waals surface area contributed by atoms with E-state index in [-0.39, 0.29) is 12.2 Å². The number of nitrogens with zero attached hydrogens (tertiary/aromatic N) is 2. The Kier molecular flexibility index (Phi) is 4.77. The van der Waals surface area contributed by atoms with E-state index in [1.54, 1.807) is 16.2 Å². The number of rotatable bonds is 4. The number of ether oxygens (including phenoxy) is 1. The van der Waals surface area contributed by atoms with Gasteiger partial charge in [-0.05, 0) is 54.4 Å². The lowest BCUT2D eigenvalue weighted by Gasteiger charge is -2.36. The van der Waals surface area contributed by atoms with Crippen molar-refractivity contribution in [3.05, 3.63) is 52.7 Å². The lowest BCUT2D eigenvalue weighted by atomic mass is 10.0. The van der Waals surface area contributed by atoms with Crippen LogP contribution in [0.5, 0.6) is 0 Å². The smallest absolute Gasteiger partial charge is 0.414 e. The second kappa shape index (κ2) is 7.18. The van der Waals surface area contributed by atoms with E-state index in [0.717, 1.165) is 24.1 Å². The third-order valence-corrected chi connectivity index (χ3v) is 6.26. The number of anilines is 1. The summed E-state index contributed by atoms with van der Waals surface area (Å²) < 4.78 is 5.95. The van der Waals surface area contributed by atoms with Gasteiger partial charge in [-0.15, -0.1) is 0 Å². The van der Waals surface area contributed by atoms with Crippen LogP contribution in [0, 0.1) is 0 Å². The average Bonchev–Trinajstić information content (AvgIpc) is 3.19. The summed E-state index contributed by atoms with van der Waals surface area (Å²) in [5.41, 5.74) is 2.02. The van der Waals surface area contributed by atoms with Gasteiger partial charge in [0.2, 0.25) is 0 Å². The molecule has 2 fully saturated rings. The zero-order chi connectivity index (χ0) is 17.2. The number of fused-ring (bicyclic) bond motifs is 2. The Balaban J connectivity index is 1.48. The van der Waals surface area contributed by atoms with Crippen molar-refractivity contribution in [2.45, 2.75) is 50.4 Å². The highest BCUT2D eigenvalue weighted by Crippen LogP contribution is 2.36. The first-order valence-electron chi connectivity index (χ1n) is 8.97. The van der Waals surface area contributed by atoms with Crippen LogP contribution in [-0.2, 0) is 11.3 Å². The molecule has 2 bridgehead atoms. The standard InChI is InChI=1S/C20H24N2O2S/c1-21-17-7-8-18(21)12-19(11-17)24-20(23)22(13-15-9-10-25-14-15)16-5-3-2-4-6-16/h2-6,9-10,14,17-19H,7-8,11-13H2,1H3/t17-,18+,19?. The molecule has 0 aliphatic carbocycles. The van der Waals surface area contributed by atoms with E-state index >= 15 is 0 Å². The molecule has 0 spiro atoms. The van der Waals surface area contributed by atoms with Crippen LogP contribution in [0.25, 0.3) is 0 Å². The minimum absolute atomic E-state index is 0.0369. The molecule has 132 valence electrons. The van der Waals surface area contributed by atoms with Crippen LogP contribution in [0.1, 0.15) is 31.2 Å². The summed E-state index contributed by atoms with van der Waals surface area (Å²) in [6.07, 6.45) is 4.18.